The molecule has 0 spiro atoms. The summed E-state index contributed by atoms with van der Waals surface area (Å²) >= 11 is 1.75. The van der Waals surface area contributed by atoms with E-state index in [1.807, 2.05) is 19.1 Å². The van der Waals surface area contributed by atoms with Gasteiger partial charge in [-0.1, -0.05) is 0 Å². The van der Waals surface area contributed by atoms with Crippen LogP contribution in [-0.2, 0) is 0 Å². The maximum atomic E-state index is 5.06. The molecule has 0 bridgehead atoms. The van der Waals surface area contributed by atoms with Crippen molar-refractivity contribution in [3.8, 4) is 16.5 Å². The zero-order valence-corrected chi connectivity index (χ0v) is 14.3. The van der Waals surface area contributed by atoms with Crippen LogP contribution in [-0.4, -0.2) is 27.0 Å². The Labute approximate surface area is 144 Å². The zero-order valence-electron chi connectivity index (χ0n) is 13.5. The summed E-state index contributed by atoms with van der Waals surface area (Å²) in [4.78, 5) is 18.9. The molecule has 3 aromatic heterocycles. The number of thiazole rings is 1. The molecule has 0 aromatic carbocycles. The summed E-state index contributed by atoms with van der Waals surface area (Å²) in [7, 11) is 1.59. The van der Waals surface area contributed by atoms with Crippen molar-refractivity contribution in [1.29, 1.82) is 0 Å². The van der Waals surface area contributed by atoms with Gasteiger partial charge in [-0.3, -0.25) is 0 Å². The second-order valence-corrected chi connectivity index (χ2v) is 6.75. The summed E-state index contributed by atoms with van der Waals surface area (Å²) < 4.78 is 5.06. The normalized spacial score (nSPS) is 13.8. The molecular weight excluding hydrogens is 322 g/mol. The van der Waals surface area contributed by atoms with E-state index in [0.29, 0.717) is 17.7 Å². The van der Waals surface area contributed by atoms with Crippen molar-refractivity contribution in [3.63, 3.8) is 0 Å². The molecule has 0 unspecified atom stereocenters. The van der Waals surface area contributed by atoms with Crippen LogP contribution in [0.2, 0.25) is 0 Å². The molecule has 1 aliphatic rings. The number of nitrogens with zero attached hydrogens (tertiary/aromatic N) is 4. The molecule has 1 N–H and O–H groups in total. The number of hydrogen-bond donors (Lipinski definition) is 1. The molecule has 0 radical (unpaired) electrons. The first kappa shape index (κ1) is 15.0. The number of aromatic nitrogens is 4. The van der Waals surface area contributed by atoms with E-state index >= 15 is 0 Å². The van der Waals surface area contributed by atoms with E-state index in [1.54, 1.807) is 36.9 Å². The quantitative estimate of drug-likeness (QED) is 0.759. The third kappa shape index (κ3) is 3.07. The number of anilines is 2. The van der Waals surface area contributed by atoms with Gasteiger partial charge in [-0.05, 0) is 31.9 Å². The molecule has 122 valence electrons. The van der Waals surface area contributed by atoms with Crippen LogP contribution in [0.25, 0.3) is 10.6 Å². The van der Waals surface area contributed by atoms with Crippen LogP contribution in [0.3, 0.4) is 0 Å². The number of pyridine rings is 1. The molecule has 0 amide bonds. The summed E-state index contributed by atoms with van der Waals surface area (Å²) in [6.07, 6.45) is 5.97. The minimum atomic E-state index is 0.542. The largest absolute Gasteiger partial charge is 0.481 e. The minimum absolute atomic E-state index is 0.542. The van der Waals surface area contributed by atoms with E-state index in [0.717, 1.165) is 22.0 Å². The lowest BCUT2D eigenvalue weighted by atomic mass is 10.3. The lowest BCUT2D eigenvalue weighted by Gasteiger charge is -2.06. The van der Waals surface area contributed by atoms with E-state index in [1.165, 1.54) is 17.8 Å². The fourth-order valence-corrected chi connectivity index (χ4v) is 3.61. The Morgan fingerprint density at radius 1 is 1.17 bits per heavy atom. The first-order valence-electron chi connectivity index (χ1n) is 7.81. The molecule has 0 aliphatic heterocycles. The van der Waals surface area contributed by atoms with Gasteiger partial charge in [0.2, 0.25) is 11.8 Å². The topological polar surface area (TPSA) is 72.8 Å². The van der Waals surface area contributed by atoms with Crippen molar-refractivity contribution in [3.05, 3.63) is 41.3 Å². The average molecular weight is 339 g/mol. The van der Waals surface area contributed by atoms with Gasteiger partial charge in [0.25, 0.3) is 0 Å². The van der Waals surface area contributed by atoms with Gasteiger partial charge in [0, 0.05) is 18.2 Å². The molecule has 0 saturated heterocycles. The fourth-order valence-electron chi connectivity index (χ4n) is 2.41. The Morgan fingerprint density at radius 3 is 2.75 bits per heavy atom. The lowest BCUT2D eigenvalue weighted by molar-refractivity contribution is 0.398. The first-order valence-corrected chi connectivity index (χ1v) is 8.62. The molecule has 1 aliphatic carbocycles. The second-order valence-electron chi connectivity index (χ2n) is 5.72. The molecule has 4 rings (SSSR count). The third-order valence-electron chi connectivity index (χ3n) is 3.83. The number of nitrogens with one attached hydrogen (secondary N) is 1. The molecule has 24 heavy (non-hydrogen) atoms. The highest BCUT2D eigenvalue weighted by Crippen LogP contribution is 2.44. The highest BCUT2D eigenvalue weighted by atomic mass is 32.1. The number of hydrogen-bond acceptors (Lipinski definition) is 7. The number of rotatable bonds is 5. The Morgan fingerprint density at radius 2 is 2.04 bits per heavy atom. The summed E-state index contributed by atoms with van der Waals surface area (Å²) in [5, 5.41) is 4.40. The molecule has 1 saturated carbocycles. The van der Waals surface area contributed by atoms with Crippen LogP contribution >= 0.6 is 11.3 Å². The van der Waals surface area contributed by atoms with Crippen molar-refractivity contribution in [2.75, 3.05) is 12.4 Å². The van der Waals surface area contributed by atoms with Gasteiger partial charge in [0.1, 0.15) is 0 Å². The monoisotopic (exact) mass is 339 g/mol. The number of methoxy groups -OCH3 is 1. The van der Waals surface area contributed by atoms with Crippen LogP contribution in [0, 0.1) is 6.92 Å². The SMILES string of the molecule is COc1ccc(Nc2nccc(-c3sc(C4CC4)nc3C)n2)cn1. The zero-order chi connectivity index (χ0) is 16.5. The van der Waals surface area contributed by atoms with E-state index in [4.69, 9.17) is 9.72 Å². The van der Waals surface area contributed by atoms with Crippen LogP contribution < -0.4 is 10.1 Å². The highest BCUT2D eigenvalue weighted by Gasteiger charge is 2.28. The smallest absolute Gasteiger partial charge is 0.227 e. The van der Waals surface area contributed by atoms with Crippen LogP contribution in [0.4, 0.5) is 11.6 Å². The Kier molecular flexibility index (Phi) is 3.86. The summed E-state index contributed by atoms with van der Waals surface area (Å²) in [5.74, 6) is 1.77. The fraction of sp³-hybridized carbons (Fsp3) is 0.294. The van der Waals surface area contributed by atoms with Gasteiger partial charge in [0.15, 0.2) is 0 Å². The molecule has 1 fully saturated rings. The first-order chi connectivity index (χ1) is 11.7. The summed E-state index contributed by atoms with van der Waals surface area (Å²) in [5.41, 5.74) is 2.75. The van der Waals surface area contributed by atoms with Crippen LogP contribution in [0.5, 0.6) is 5.88 Å². The molecule has 6 nitrogen and oxygen atoms in total. The van der Waals surface area contributed by atoms with Crippen molar-refractivity contribution < 1.29 is 4.74 Å². The van der Waals surface area contributed by atoms with Gasteiger partial charge in [-0.15, -0.1) is 11.3 Å². The Hall–Kier alpha value is -2.54. The van der Waals surface area contributed by atoms with Gasteiger partial charge >= 0.3 is 0 Å². The molecule has 3 heterocycles. The van der Waals surface area contributed by atoms with Crippen molar-refractivity contribution >= 4 is 23.0 Å². The highest BCUT2D eigenvalue weighted by molar-refractivity contribution is 7.15. The second kappa shape index (κ2) is 6.16. The van der Waals surface area contributed by atoms with Crippen LogP contribution in [0.15, 0.2) is 30.6 Å². The number of aryl methyl sites for hydroxylation is 1. The van der Waals surface area contributed by atoms with Crippen molar-refractivity contribution in [1.82, 2.24) is 19.9 Å². The van der Waals surface area contributed by atoms with Gasteiger partial charge in [-0.25, -0.2) is 19.9 Å². The van der Waals surface area contributed by atoms with Gasteiger partial charge in [-0.2, -0.15) is 0 Å². The van der Waals surface area contributed by atoms with Gasteiger partial charge < -0.3 is 10.1 Å². The van der Waals surface area contributed by atoms with Crippen molar-refractivity contribution in [2.45, 2.75) is 25.7 Å². The lowest BCUT2D eigenvalue weighted by Crippen LogP contribution is -1.98. The van der Waals surface area contributed by atoms with Gasteiger partial charge in [0.05, 0.1) is 40.3 Å². The summed E-state index contributed by atoms with van der Waals surface area (Å²) in [6.45, 7) is 2.04. The maximum absolute atomic E-state index is 5.06. The predicted octanol–water partition coefficient (Wildman–Crippen LogP) is 3.93. The molecule has 3 aromatic rings. The molecular formula is C17H17N5OS. The molecule has 7 heteroatoms. The Bertz CT molecular complexity index is 858. The third-order valence-corrected chi connectivity index (χ3v) is 5.17. The standard InChI is InChI=1S/C17H17N5OS/c1-10-15(24-16(20-10)11-3-4-11)13-7-8-18-17(22-13)21-12-5-6-14(23-2)19-9-12/h5-9,11H,3-4H2,1-2H3,(H,18,21,22). The number of ether oxygens (including phenoxy) is 1. The van der Waals surface area contributed by atoms with E-state index < -0.39 is 0 Å². The van der Waals surface area contributed by atoms with Crippen LogP contribution in [0.1, 0.15) is 29.5 Å². The van der Waals surface area contributed by atoms with E-state index in [2.05, 4.69) is 20.3 Å². The predicted molar refractivity (Wildman–Crippen MR) is 93.9 cm³/mol. The average Bonchev–Trinajstić information content (AvgIpc) is 3.38. The minimum Gasteiger partial charge on any atom is -0.481 e. The van der Waals surface area contributed by atoms with Crippen molar-refractivity contribution in [2.24, 2.45) is 0 Å². The maximum Gasteiger partial charge on any atom is 0.227 e. The summed E-state index contributed by atoms with van der Waals surface area (Å²) in [6, 6.07) is 5.60. The van der Waals surface area contributed by atoms with E-state index in [-0.39, 0.29) is 0 Å². The van der Waals surface area contributed by atoms with E-state index in [9.17, 15) is 0 Å². The molecule has 0 atom stereocenters. The Balaban J connectivity index is 1.58.